The van der Waals surface area contributed by atoms with E-state index in [0.717, 1.165) is 25.6 Å². The first-order chi connectivity index (χ1) is 6.38. The summed E-state index contributed by atoms with van der Waals surface area (Å²) in [7, 11) is 0. The fraction of sp³-hybridized carbons (Fsp3) is 0.818. The first-order valence-corrected chi connectivity index (χ1v) is 5.47. The molecule has 2 atom stereocenters. The van der Waals surface area contributed by atoms with Crippen LogP contribution in [-0.2, 0) is 0 Å². The number of rotatable bonds is 5. The topological polar surface area (TPSA) is 24.1 Å². The molecular weight excluding hydrogens is 160 g/mol. The average molecular weight is 182 g/mol. The van der Waals surface area contributed by atoms with Gasteiger partial charge >= 0.3 is 0 Å². The van der Waals surface area contributed by atoms with Gasteiger partial charge in [-0.05, 0) is 38.4 Å². The second-order valence-corrected chi connectivity index (χ2v) is 3.67. The first-order valence-electron chi connectivity index (χ1n) is 5.47. The van der Waals surface area contributed by atoms with Crippen molar-refractivity contribution in [2.24, 2.45) is 5.92 Å². The normalized spacial score (nSPS) is 27.8. The van der Waals surface area contributed by atoms with Crippen LogP contribution in [0.25, 0.3) is 0 Å². The van der Waals surface area contributed by atoms with Gasteiger partial charge < -0.3 is 10.6 Å². The van der Waals surface area contributed by atoms with Crippen LogP contribution in [0.2, 0.25) is 0 Å². The van der Waals surface area contributed by atoms with Crippen molar-refractivity contribution in [2.75, 3.05) is 19.6 Å². The number of hydrogen-bond acceptors (Lipinski definition) is 2. The molecule has 0 amide bonds. The van der Waals surface area contributed by atoms with Gasteiger partial charge in [0.1, 0.15) is 0 Å². The Morgan fingerprint density at radius 1 is 1.15 bits per heavy atom. The van der Waals surface area contributed by atoms with Crippen molar-refractivity contribution in [2.45, 2.75) is 32.7 Å². The monoisotopic (exact) mass is 182 g/mol. The molecule has 2 N–H and O–H groups in total. The highest BCUT2D eigenvalue weighted by atomic mass is 14.9. The Labute approximate surface area is 81.8 Å². The van der Waals surface area contributed by atoms with Crippen LogP contribution in [0.15, 0.2) is 12.2 Å². The lowest BCUT2D eigenvalue weighted by atomic mass is 9.89. The largest absolute Gasteiger partial charge is 0.317 e. The fourth-order valence-electron chi connectivity index (χ4n) is 1.94. The van der Waals surface area contributed by atoms with Gasteiger partial charge in [-0.1, -0.05) is 26.0 Å². The summed E-state index contributed by atoms with van der Waals surface area (Å²) in [6, 6.07) is 0.689. The molecule has 0 spiro atoms. The van der Waals surface area contributed by atoms with Crippen LogP contribution in [0.1, 0.15) is 26.7 Å². The Morgan fingerprint density at radius 2 is 1.92 bits per heavy atom. The average Bonchev–Trinajstić information content (AvgIpc) is 2.17. The maximum atomic E-state index is 3.55. The molecule has 2 heteroatoms. The van der Waals surface area contributed by atoms with E-state index in [1.165, 1.54) is 12.8 Å². The molecular formula is C11H22N2. The number of hydrogen-bond donors (Lipinski definition) is 2. The van der Waals surface area contributed by atoms with E-state index in [9.17, 15) is 0 Å². The van der Waals surface area contributed by atoms with Crippen LogP contribution < -0.4 is 10.6 Å². The lowest BCUT2D eigenvalue weighted by Crippen LogP contribution is -2.41. The fourth-order valence-corrected chi connectivity index (χ4v) is 1.94. The highest BCUT2D eigenvalue weighted by Crippen LogP contribution is 2.18. The van der Waals surface area contributed by atoms with Crippen LogP contribution in [0.3, 0.4) is 0 Å². The Hall–Kier alpha value is -0.340. The van der Waals surface area contributed by atoms with Crippen molar-refractivity contribution < 1.29 is 0 Å². The third-order valence-corrected chi connectivity index (χ3v) is 2.69. The molecule has 0 aromatic rings. The first kappa shape index (κ1) is 10.7. The van der Waals surface area contributed by atoms with Crippen molar-refractivity contribution in [3.05, 3.63) is 12.2 Å². The summed E-state index contributed by atoms with van der Waals surface area (Å²) in [6.45, 7) is 7.67. The lowest BCUT2D eigenvalue weighted by Gasteiger charge is -2.29. The Balaban J connectivity index is 2.34. The van der Waals surface area contributed by atoms with E-state index >= 15 is 0 Å². The Morgan fingerprint density at radius 3 is 2.62 bits per heavy atom. The molecule has 2 unspecified atom stereocenters. The van der Waals surface area contributed by atoms with Crippen LogP contribution in [0.5, 0.6) is 0 Å². The summed E-state index contributed by atoms with van der Waals surface area (Å²) in [4.78, 5) is 0. The molecule has 0 saturated heterocycles. The third kappa shape index (κ3) is 3.49. The summed E-state index contributed by atoms with van der Waals surface area (Å²) in [6.07, 6.45) is 7.04. The highest BCUT2D eigenvalue weighted by molar-refractivity contribution is 4.98. The van der Waals surface area contributed by atoms with Crippen molar-refractivity contribution >= 4 is 0 Å². The van der Waals surface area contributed by atoms with Crippen molar-refractivity contribution in [3.63, 3.8) is 0 Å². The van der Waals surface area contributed by atoms with Gasteiger partial charge in [-0.2, -0.15) is 0 Å². The molecule has 1 aliphatic rings. The third-order valence-electron chi connectivity index (χ3n) is 2.69. The quantitative estimate of drug-likeness (QED) is 0.630. The predicted octanol–water partition coefficient (Wildman–Crippen LogP) is 1.54. The van der Waals surface area contributed by atoms with Crippen LogP contribution in [-0.4, -0.2) is 25.7 Å². The Bertz CT molecular complexity index is 154. The zero-order valence-electron chi connectivity index (χ0n) is 8.84. The van der Waals surface area contributed by atoms with Crippen LogP contribution >= 0.6 is 0 Å². The van der Waals surface area contributed by atoms with E-state index in [2.05, 4.69) is 36.6 Å². The number of nitrogens with one attached hydrogen (secondary N) is 2. The smallest absolute Gasteiger partial charge is 0.0145 e. The molecule has 0 saturated carbocycles. The van der Waals surface area contributed by atoms with Crippen molar-refractivity contribution in [1.29, 1.82) is 0 Å². The molecule has 0 aromatic carbocycles. The van der Waals surface area contributed by atoms with Gasteiger partial charge in [-0.25, -0.2) is 0 Å². The maximum absolute atomic E-state index is 3.55. The zero-order valence-corrected chi connectivity index (χ0v) is 8.84. The van der Waals surface area contributed by atoms with Gasteiger partial charge in [0, 0.05) is 6.04 Å². The van der Waals surface area contributed by atoms with E-state index in [-0.39, 0.29) is 0 Å². The van der Waals surface area contributed by atoms with Gasteiger partial charge in [0.15, 0.2) is 0 Å². The van der Waals surface area contributed by atoms with E-state index in [0.29, 0.717) is 6.04 Å². The summed E-state index contributed by atoms with van der Waals surface area (Å²) in [5, 5.41) is 6.98. The summed E-state index contributed by atoms with van der Waals surface area (Å²) in [5.74, 6) is 0.782. The van der Waals surface area contributed by atoms with Gasteiger partial charge in [0.05, 0.1) is 0 Å². The summed E-state index contributed by atoms with van der Waals surface area (Å²) in [5.41, 5.74) is 0. The molecule has 0 aromatic heterocycles. The van der Waals surface area contributed by atoms with Gasteiger partial charge in [0.2, 0.25) is 0 Å². The second kappa shape index (κ2) is 6.17. The lowest BCUT2D eigenvalue weighted by molar-refractivity contribution is 0.336. The Kier molecular flexibility index (Phi) is 5.09. The van der Waals surface area contributed by atoms with E-state index in [1.54, 1.807) is 0 Å². The second-order valence-electron chi connectivity index (χ2n) is 3.67. The van der Waals surface area contributed by atoms with E-state index in [4.69, 9.17) is 0 Å². The minimum atomic E-state index is 0.689. The molecule has 0 heterocycles. The van der Waals surface area contributed by atoms with Crippen molar-refractivity contribution in [3.8, 4) is 0 Å². The molecule has 1 rings (SSSR count). The van der Waals surface area contributed by atoms with Gasteiger partial charge in [0.25, 0.3) is 0 Å². The van der Waals surface area contributed by atoms with Crippen molar-refractivity contribution in [1.82, 2.24) is 10.6 Å². The van der Waals surface area contributed by atoms with Gasteiger partial charge in [-0.15, -0.1) is 0 Å². The minimum absolute atomic E-state index is 0.689. The molecule has 76 valence electrons. The molecule has 0 aliphatic heterocycles. The minimum Gasteiger partial charge on any atom is -0.317 e. The summed E-state index contributed by atoms with van der Waals surface area (Å²) >= 11 is 0. The molecule has 0 bridgehead atoms. The number of allylic oxidation sites excluding steroid dienone is 1. The standard InChI is InChI=1S/C11H22N2/c1-3-12-9-10-7-5-6-8-11(10)13-4-2/h5-6,10-13H,3-4,7-9H2,1-2H3. The molecule has 1 aliphatic carbocycles. The molecule has 13 heavy (non-hydrogen) atoms. The zero-order chi connectivity index (χ0) is 9.52. The molecule has 0 fully saturated rings. The maximum Gasteiger partial charge on any atom is 0.0145 e. The SMILES string of the molecule is CCNCC1CC=CCC1NCC. The van der Waals surface area contributed by atoms with Gasteiger partial charge in [-0.3, -0.25) is 0 Å². The molecule has 0 radical (unpaired) electrons. The van der Waals surface area contributed by atoms with Crippen LogP contribution in [0.4, 0.5) is 0 Å². The van der Waals surface area contributed by atoms with E-state index in [1.807, 2.05) is 0 Å². The van der Waals surface area contributed by atoms with E-state index < -0.39 is 0 Å². The van der Waals surface area contributed by atoms with Crippen LogP contribution in [0, 0.1) is 5.92 Å². The summed E-state index contributed by atoms with van der Waals surface area (Å²) < 4.78 is 0. The highest BCUT2D eigenvalue weighted by Gasteiger charge is 2.20. The predicted molar refractivity (Wildman–Crippen MR) is 57.9 cm³/mol. The molecule has 2 nitrogen and oxygen atoms in total.